The van der Waals surface area contributed by atoms with Crippen molar-refractivity contribution in [3.63, 3.8) is 0 Å². The zero-order valence-electron chi connectivity index (χ0n) is 13.6. The minimum absolute atomic E-state index is 0.0185. The summed E-state index contributed by atoms with van der Waals surface area (Å²) in [5.74, 6) is 2.16. The first-order valence-electron chi connectivity index (χ1n) is 8.61. The molecule has 0 aliphatic carbocycles. The summed E-state index contributed by atoms with van der Waals surface area (Å²) in [6.07, 6.45) is 12.8. The van der Waals surface area contributed by atoms with E-state index in [1.165, 1.54) is 0 Å². The Morgan fingerprint density at radius 2 is 2.12 bits per heavy atom. The smallest absolute Gasteiger partial charge is 0.225 e. The van der Waals surface area contributed by atoms with Crippen LogP contribution in [0.5, 0.6) is 0 Å². The normalized spacial score (nSPS) is 23.6. The molecule has 2 aromatic heterocycles. The van der Waals surface area contributed by atoms with Gasteiger partial charge in [0.15, 0.2) is 0 Å². The molecule has 0 bridgehead atoms. The van der Waals surface area contributed by atoms with Crippen molar-refractivity contribution in [3.05, 3.63) is 36.8 Å². The summed E-state index contributed by atoms with van der Waals surface area (Å²) >= 11 is 0. The summed E-state index contributed by atoms with van der Waals surface area (Å²) in [6, 6.07) is 0.200. The Labute approximate surface area is 141 Å². The van der Waals surface area contributed by atoms with Crippen LogP contribution >= 0.6 is 0 Å². The van der Waals surface area contributed by atoms with Crippen molar-refractivity contribution in [3.8, 4) is 0 Å². The Morgan fingerprint density at radius 1 is 1.17 bits per heavy atom. The van der Waals surface area contributed by atoms with E-state index in [0.717, 1.165) is 50.4 Å². The van der Waals surface area contributed by atoms with Crippen molar-refractivity contribution in [2.24, 2.45) is 5.92 Å². The fourth-order valence-corrected chi connectivity index (χ4v) is 3.66. The third-order valence-electron chi connectivity index (χ3n) is 4.95. The summed E-state index contributed by atoms with van der Waals surface area (Å²) in [6.45, 7) is 2.47. The molecule has 24 heavy (non-hydrogen) atoms. The Bertz CT molecular complexity index is 700. The Kier molecular flexibility index (Phi) is 4.15. The van der Waals surface area contributed by atoms with Gasteiger partial charge in [0.1, 0.15) is 11.6 Å². The summed E-state index contributed by atoms with van der Waals surface area (Å²) in [7, 11) is 0. The van der Waals surface area contributed by atoms with Crippen LogP contribution in [0.4, 0.5) is 5.82 Å². The van der Waals surface area contributed by atoms with Crippen LogP contribution in [0, 0.1) is 5.92 Å². The molecule has 0 saturated carbocycles. The van der Waals surface area contributed by atoms with Crippen LogP contribution in [-0.2, 0) is 17.8 Å². The third-order valence-corrected chi connectivity index (χ3v) is 4.95. The zero-order chi connectivity index (χ0) is 16.4. The van der Waals surface area contributed by atoms with Gasteiger partial charge in [0.2, 0.25) is 5.91 Å². The van der Waals surface area contributed by atoms with Gasteiger partial charge in [-0.2, -0.15) is 0 Å². The van der Waals surface area contributed by atoms with Gasteiger partial charge < -0.3 is 14.8 Å². The van der Waals surface area contributed by atoms with Crippen LogP contribution in [0.2, 0.25) is 0 Å². The van der Waals surface area contributed by atoms with Gasteiger partial charge in [-0.25, -0.2) is 9.97 Å². The molecule has 1 fully saturated rings. The van der Waals surface area contributed by atoms with Crippen LogP contribution in [0.25, 0.3) is 0 Å². The Balaban J connectivity index is 1.36. The van der Waals surface area contributed by atoms with Crippen molar-refractivity contribution < 1.29 is 4.79 Å². The number of hydrogen-bond donors (Lipinski definition) is 1. The summed E-state index contributed by atoms with van der Waals surface area (Å²) in [5, 5.41) is 3.24. The average molecular weight is 326 g/mol. The minimum Gasteiger partial charge on any atom is -0.355 e. The van der Waals surface area contributed by atoms with Crippen LogP contribution in [0.15, 0.2) is 31.0 Å². The second-order valence-corrected chi connectivity index (χ2v) is 6.59. The van der Waals surface area contributed by atoms with Gasteiger partial charge in [-0.15, -0.1) is 0 Å². The topological polar surface area (TPSA) is 75.9 Å². The number of carbonyl (C=O) groups excluding carboxylic acids is 1. The standard InChI is InChI=1S/C17H22N6O/c24-17(21-14-3-4-15-20-7-9-23(15)12-14)13-2-1-8-22(11-13)16-10-18-5-6-19-16/h5-7,9-10,13-14H,1-4,8,11-12H2,(H,21,24)/t13-,14-/m0/s1. The number of hydrogen-bond acceptors (Lipinski definition) is 5. The summed E-state index contributed by atoms with van der Waals surface area (Å²) in [5.41, 5.74) is 0. The van der Waals surface area contributed by atoms with Gasteiger partial charge in [0, 0.05) is 56.9 Å². The number of nitrogens with zero attached hydrogens (tertiary/aromatic N) is 5. The number of carbonyl (C=O) groups is 1. The first-order valence-corrected chi connectivity index (χ1v) is 8.61. The molecule has 0 aromatic carbocycles. The molecular formula is C17H22N6O. The van der Waals surface area contributed by atoms with Gasteiger partial charge in [-0.1, -0.05) is 0 Å². The SMILES string of the molecule is O=C(N[C@H]1CCc2nccn2C1)[C@H]1CCCN(c2cnccn2)C1. The van der Waals surface area contributed by atoms with Gasteiger partial charge in [-0.3, -0.25) is 9.78 Å². The highest BCUT2D eigenvalue weighted by Crippen LogP contribution is 2.22. The monoisotopic (exact) mass is 326 g/mol. The highest BCUT2D eigenvalue weighted by Gasteiger charge is 2.29. The number of fused-ring (bicyclic) bond motifs is 1. The molecule has 2 aliphatic heterocycles. The van der Waals surface area contributed by atoms with Gasteiger partial charge in [-0.05, 0) is 19.3 Å². The highest BCUT2D eigenvalue weighted by atomic mass is 16.2. The lowest BCUT2D eigenvalue weighted by molar-refractivity contribution is -0.126. The van der Waals surface area contributed by atoms with Crippen LogP contribution in [0.1, 0.15) is 25.1 Å². The third kappa shape index (κ3) is 3.11. The predicted molar refractivity (Wildman–Crippen MR) is 89.4 cm³/mol. The molecule has 126 valence electrons. The molecule has 4 rings (SSSR count). The minimum atomic E-state index is 0.0185. The van der Waals surface area contributed by atoms with Crippen molar-refractivity contribution in [1.82, 2.24) is 24.8 Å². The van der Waals surface area contributed by atoms with Gasteiger partial charge >= 0.3 is 0 Å². The number of anilines is 1. The lowest BCUT2D eigenvalue weighted by Crippen LogP contribution is -2.48. The van der Waals surface area contributed by atoms with Crippen LogP contribution < -0.4 is 10.2 Å². The van der Waals surface area contributed by atoms with Crippen molar-refractivity contribution in [2.45, 2.75) is 38.3 Å². The molecule has 1 N–H and O–H groups in total. The average Bonchev–Trinajstić information content (AvgIpc) is 3.10. The predicted octanol–water partition coefficient (Wildman–Crippen LogP) is 1.02. The summed E-state index contributed by atoms with van der Waals surface area (Å²) < 4.78 is 2.14. The molecule has 4 heterocycles. The molecule has 7 nitrogen and oxygen atoms in total. The van der Waals surface area contributed by atoms with Crippen LogP contribution in [0.3, 0.4) is 0 Å². The van der Waals surface area contributed by atoms with Crippen molar-refractivity contribution in [1.29, 1.82) is 0 Å². The van der Waals surface area contributed by atoms with Crippen molar-refractivity contribution in [2.75, 3.05) is 18.0 Å². The zero-order valence-corrected chi connectivity index (χ0v) is 13.6. The van der Waals surface area contributed by atoms with Crippen LogP contribution in [-0.4, -0.2) is 44.6 Å². The molecule has 1 saturated heterocycles. The maximum absolute atomic E-state index is 12.7. The molecule has 0 radical (unpaired) electrons. The second-order valence-electron chi connectivity index (χ2n) is 6.59. The number of piperidine rings is 1. The van der Waals surface area contributed by atoms with Crippen molar-refractivity contribution >= 4 is 11.7 Å². The second kappa shape index (κ2) is 6.59. The van der Waals surface area contributed by atoms with E-state index in [2.05, 4.69) is 29.7 Å². The Hall–Kier alpha value is -2.44. The molecule has 2 aliphatic rings. The quantitative estimate of drug-likeness (QED) is 0.911. The fourth-order valence-electron chi connectivity index (χ4n) is 3.66. The molecule has 0 spiro atoms. The molecule has 2 aromatic rings. The Morgan fingerprint density at radius 3 is 3.00 bits per heavy atom. The largest absolute Gasteiger partial charge is 0.355 e. The van der Waals surface area contributed by atoms with E-state index in [9.17, 15) is 4.79 Å². The molecule has 1 amide bonds. The number of nitrogens with one attached hydrogen (secondary N) is 1. The molecule has 0 unspecified atom stereocenters. The number of aryl methyl sites for hydroxylation is 1. The van der Waals surface area contributed by atoms with Gasteiger partial charge in [0.25, 0.3) is 0 Å². The number of aromatic nitrogens is 4. The summed E-state index contributed by atoms with van der Waals surface area (Å²) in [4.78, 5) is 27.7. The van der Waals surface area contributed by atoms with E-state index in [1.807, 2.05) is 12.4 Å². The molecule has 7 heteroatoms. The maximum Gasteiger partial charge on any atom is 0.225 e. The van der Waals surface area contributed by atoms with E-state index in [0.29, 0.717) is 6.54 Å². The van der Waals surface area contributed by atoms with E-state index in [-0.39, 0.29) is 17.9 Å². The fraction of sp³-hybridized carbons (Fsp3) is 0.529. The van der Waals surface area contributed by atoms with Gasteiger partial charge in [0.05, 0.1) is 12.1 Å². The maximum atomic E-state index is 12.7. The number of rotatable bonds is 3. The first-order chi connectivity index (χ1) is 11.8. The van der Waals surface area contributed by atoms with E-state index < -0.39 is 0 Å². The molecule has 2 atom stereocenters. The number of amides is 1. The van der Waals surface area contributed by atoms with E-state index >= 15 is 0 Å². The lowest BCUT2D eigenvalue weighted by atomic mass is 9.96. The van der Waals surface area contributed by atoms with E-state index in [1.54, 1.807) is 18.6 Å². The van der Waals surface area contributed by atoms with E-state index in [4.69, 9.17) is 0 Å². The number of imidazole rings is 1. The highest BCUT2D eigenvalue weighted by molar-refractivity contribution is 5.79. The first kappa shape index (κ1) is 15.1. The lowest BCUT2D eigenvalue weighted by Gasteiger charge is -2.34. The molecular weight excluding hydrogens is 304 g/mol.